The predicted octanol–water partition coefficient (Wildman–Crippen LogP) is 2.19. The molecule has 1 aliphatic heterocycles. The van der Waals surface area contributed by atoms with E-state index in [9.17, 15) is 0 Å². The fourth-order valence-electron chi connectivity index (χ4n) is 1.46. The molecule has 1 unspecified atom stereocenters. The van der Waals surface area contributed by atoms with Crippen LogP contribution in [0.4, 0.5) is 0 Å². The third-order valence-corrected chi connectivity index (χ3v) is 5.07. The molecule has 4 heteroatoms. The number of aryl methyl sites for hydroxylation is 1. The summed E-state index contributed by atoms with van der Waals surface area (Å²) in [4.78, 5) is 1.43. The molecule has 1 atom stereocenters. The number of rotatable bonds is 4. The Kier molecular flexibility index (Phi) is 3.49. The highest BCUT2D eigenvalue weighted by Crippen LogP contribution is 2.38. The molecule has 2 N–H and O–H groups in total. The van der Waals surface area contributed by atoms with Gasteiger partial charge in [-0.2, -0.15) is 0 Å². The van der Waals surface area contributed by atoms with Gasteiger partial charge in [-0.15, -0.1) is 23.1 Å². The molecule has 0 aromatic carbocycles. The first kappa shape index (κ1) is 10.5. The van der Waals surface area contributed by atoms with E-state index in [0.29, 0.717) is 10.5 Å². The van der Waals surface area contributed by atoms with Gasteiger partial charge in [0.1, 0.15) is 0 Å². The summed E-state index contributed by atoms with van der Waals surface area (Å²) < 4.78 is 5.17. The van der Waals surface area contributed by atoms with Crippen LogP contribution in [0, 0.1) is 6.92 Å². The maximum atomic E-state index is 5.80. The molecule has 2 heterocycles. The van der Waals surface area contributed by atoms with Gasteiger partial charge in [0.2, 0.25) is 0 Å². The molecule has 0 spiro atoms. The zero-order chi connectivity index (χ0) is 9.97. The number of hydrogen-bond acceptors (Lipinski definition) is 4. The average molecular weight is 229 g/mol. The van der Waals surface area contributed by atoms with Crippen molar-refractivity contribution in [3.8, 4) is 0 Å². The number of ether oxygens (including phenoxy) is 1. The fourth-order valence-corrected chi connectivity index (χ4v) is 3.95. The Morgan fingerprint density at radius 2 is 2.50 bits per heavy atom. The van der Waals surface area contributed by atoms with Gasteiger partial charge in [-0.1, -0.05) is 0 Å². The van der Waals surface area contributed by atoms with Crippen molar-refractivity contribution in [3.05, 3.63) is 21.9 Å². The largest absolute Gasteiger partial charge is 0.379 e. The quantitative estimate of drug-likeness (QED) is 0.859. The van der Waals surface area contributed by atoms with E-state index >= 15 is 0 Å². The van der Waals surface area contributed by atoms with Crippen LogP contribution in [0.5, 0.6) is 0 Å². The van der Waals surface area contributed by atoms with Gasteiger partial charge in [-0.3, -0.25) is 0 Å². The lowest BCUT2D eigenvalue weighted by Crippen LogP contribution is -2.32. The van der Waals surface area contributed by atoms with Crippen LogP contribution >= 0.6 is 23.1 Å². The average Bonchev–Trinajstić information content (AvgIpc) is 2.51. The topological polar surface area (TPSA) is 35.2 Å². The van der Waals surface area contributed by atoms with Crippen LogP contribution in [0.25, 0.3) is 0 Å². The highest BCUT2D eigenvalue weighted by atomic mass is 32.2. The molecule has 0 radical (unpaired) electrons. The molecule has 0 bridgehead atoms. The zero-order valence-corrected chi connectivity index (χ0v) is 9.87. The summed E-state index contributed by atoms with van der Waals surface area (Å²) in [6.45, 7) is 4.67. The van der Waals surface area contributed by atoms with Crippen LogP contribution in [0.2, 0.25) is 0 Å². The minimum atomic E-state index is 0.462. The second-order valence-corrected chi connectivity index (χ2v) is 5.94. The third kappa shape index (κ3) is 2.14. The normalized spacial score (nSPS) is 19.3. The van der Waals surface area contributed by atoms with E-state index in [2.05, 4.69) is 18.4 Å². The summed E-state index contributed by atoms with van der Waals surface area (Å²) in [6.07, 6.45) is 0. The molecule has 1 aliphatic rings. The van der Waals surface area contributed by atoms with Crippen molar-refractivity contribution in [2.45, 2.75) is 17.4 Å². The Morgan fingerprint density at radius 3 is 2.93 bits per heavy atom. The first-order valence-corrected chi connectivity index (χ1v) is 6.60. The Morgan fingerprint density at radius 1 is 1.71 bits per heavy atom. The van der Waals surface area contributed by atoms with E-state index in [-0.39, 0.29) is 0 Å². The van der Waals surface area contributed by atoms with Gasteiger partial charge in [-0.25, -0.2) is 0 Å². The van der Waals surface area contributed by atoms with E-state index in [1.54, 1.807) is 0 Å². The summed E-state index contributed by atoms with van der Waals surface area (Å²) in [5.41, 5.74) is 7.18. The molecule has 1 aromatic heterocycles. The van der Waals surface area contributed by atoms with Gasteiger partial charge in [-0.05, 0) is 23.9 Å². The first-order chi connectivity index (χ1) is 6.81. The maximum absolute atomic E-state index is 5.80. The number of nitrogens with two attached hydrogens (primary N) is 1. The van der Waals surface area contributed by atoms with E-state index in [1.807, 2.05) is 23.1 Å². The highest BCUT2D eigenvalue weighted by Gasteiger charge is 2.25. The van der Waals surface area contributed by atoms with Gasteiger partial charge >= 0.3 is 0 Å². The Balaban J connectivity index is 2.01. The molecule has 1 fully saturated rings. The number of thioether (sulfide) groups is 1. The Bertz CT molecular complexity index is 296. The van der Waals surface area contributed by atoms with Gasteiger partial charge in [0.25, 0.3) is 0 Å². The van der Waals surface area contributed by atoms with Crippen molar-refractivity contribution in [1.29, 1.82) is 0 Å². The number of hydrogen-bond donors (Lipinski definition) is 1. The van der Waals surface area contributed by atoms with Crippen molar-refractivity contribution in [3.63, 3.8) is 0 Å². The van der Waals surface area contributed by atoms with Gasteiger partial charge < -0.3 is 10.5 Å². The zero-order valence-electron chi connectivity index (χ0n) is 8.23. The molecule has 14 heavy (non-hydrogen) atoms. The van der Waals surface area contributed by atoms with Crippen molar-refractivity contribution >= 4 is 23.1 Å². The van der Waals surface area contributed by atoms with Gasteiger partial charge in [0, 0.05) is 11.4 Å². The summed E-state index contributed by atoms with van der Waals surface area (Å²) in [5.74, 6) is 0. The molecule has 2 rings (SSSR count). The van der Waals surface area contributed by atoms with Crippen LogP contribution < -0.4 is 5.73 Å². The lowest BCUT2D eigenvalue weighted by Gasteiger charge is -2.28. The number of thiophene rings is 1. The van der Waals surface area contributed by atoms with Crippen LogP contribution in [0.3, 0.4) is 0 Å². The van der Waals surface area contributed by atoms with Crippen LogP contribution in [0.15, 0.2) is 11.4 Å². The monoisotopic (exact) mass is 229 g/mol. The van der Waals surface area contributed by atoms with Crippen molar-refractivity contribution in [2.24, 2.45) is 5.73 Å². The van der Waals surface area contributed by atoms with Crippen molar-refractivity contribution in [2.75, 3.05) is 19.8 Å². The predicted molar refractivity (Wildman–Crippen MR) is 63.0 cm³/mol. The third-order valence-electron chi connectivity index (χ3n) is 2.37. The highest BCUT2D eigenvalue weighted by molar-refractivity contribution is 8.00. The molecule has 0 amide bonds. The molecule has 2 nitrogen and oxygen atoms in total. The van der Waals surface area contributed by atoms with E-state index in [0.717, 1.165) is 19.8 Å². The Hall–Kier alpha value is -0.0300. The fraction of sp³-hybridized carbons (Fsp3) is 0.600. The molecular weight excluding hydrogens is 214 g/mol. The minimum absolute atomic E-state index is 0.462. The van der Waals surface area contributed by atoms with Crippen LogP contribution in [0.1, 0.15) is 15.7 Å². The van der Waals surface area contributed by atoms with Crippen LogP contribution in [-0.4, -0.2) is 25.0 Å². The Labute approximate surface area is 92.8 Å². The maximum Gasteiger partial charge on any atom is 0.0608 e. The summed E-state index contributed by atoms with van der Waals surface area (Å²) in [6, 6.07) is 2.17. The summed E-state index contributed by atoms with van der Waals surface area (Å²) in [5, 5.41) is 3.26. The summed E-state index contributed by atoms with van der Waals surface area (Å²) in [7, 11) is 0. The summed E-state index contributed by atoms with van der Waals surface area (Å²) >= 11 is 3.78. The molecule has 1 aromatic rings. The molecule has 78 valence electrons. The SMILES string of the molecule is Cc1ccsc1C(CN)SC1COC1. The molecule has 0 aliphatic carbocycles. The standard InChI is InChI=1S/C10H15NOS2/c1-7-2-3-13-10(7)9(4-11)14-8-5-12-6-8/h2-3,8-9H,4-6,11H2,1H3. The minimum Gasteiger partial charge on any atom is -0.379 e. The lowest BCUT2D eigenvalue weighted by atomic mass is 10.2. The van der Waals surface area contributed by atoms with E-state index in [4.69, 9.17) is 10.5 Å². The van der Waals surface area contributed by atoms with E-state index < -0.39 is 0 Å². The molecular formula is C10H15NOS2. The second kappa shape index (κ2) is 4.66. The van der Waals surface area contributed by atoms with Gasteiger partial charge in [0.05, 0.1) is 23.7 Å². The van der Waals surface area contributed by atoms with E-state index in [1.165, 1.54) is 10.4 Å². The lowest BCUT2D eigenvalue weighted by molar-refractivity contribution is 0.0453. The first-order valence-electron chi connectivity index (χ1n) is 4.78. The smallest absolute Gasteiger partial charge is 0.0608 e. The molecule has 1 saturated heterocycles. The molecule has 0 saturated carbocycles. The van der Waals surface area contributed by atoms with Crippen LogP contribution in [-0.2, 0) is 4.74 Å². The second-order valence-electron chi connectivity index (χ2n) is 3.49. The van der Waals surface area contributed by atoms with Crippen molar-refractivity contribution in [1.82, 2.24) is 0 Å². The van der Waals surface area contributed by atoms with Crippen molar-refractivity contribution < 1.29 is 4.74 Å². The van der Waals surface area contributed by atoms with Gasteiger partial charge in [0.15, 0.2) is 0 Å².